The molecule has 1 atom stereocenters. The topological polar surface area (TPSA) is 81.4 Å². The maximum absolute atomic E-state index is 12.3. The van der Waals surface area contributed by atoms with Crippen LogP contribution in [-0.2, 0) is 21.3 Å². The Hall–Kier alpha value is -0.660. The molecule has 1 unspecified atom stereocenters. The van der Waals surface area contributed by atoms with Gasteiger partial charge in [-0.1, -0.05) is 24.6 Å². The fraction of sp³-hybridized carbons (Fsp3) is 0.500. The molecule has 0 fully saturated rings. The summed E-state index contributed by atoms with van der Waals surface area (Å²) in [7, 11) is -2.15. The van der Waals surface area contributed by atoms with Crippen molar-refractivity contribution in [3.63, 3.8) is 0 Å². The van der Waals surface area contributed by atoms with Crippen molar-refractivity contribution >= 4 is 21.6 Å². The average Bonchev–Trinajstić information content (AvgIpc) is 2.38. The van der Waals surface area contributed by atoms with E-state index in [2.05, 4.69) is 4.72 Å². The summed E-state index contributed by atoms with van der Waals surface area (Å²) in [5.41, 5.74) is 6.22. The van der Waals surface area contributed by atoms with E-state index in [0.717, 1.165) is 0 Å². The first kappa shape index (κ1) is 16.4. The summed E-state index contributed by atoms with van der Waals surface area (Å²) in [5, 5.41) is 0.178. The van der Waals surface area contributed by atoms with Crippen LogP contribution in [0.25, 0.3) is 0 Å². The Morgan fingerprint density at radius 2 is 2.16 bits per heavy atom. The van der Waals surface area contributed by atoms with Crippen LogP contribution in [0.1, 0.15) is 18.9 Å². The zero-order valence-corrected chi connectivity index (χ0v) is 12.6. The molecule has 1 aromatic carbocycles. The minimum Gasteiger partial charge on any atom is -0.383 e. The van der Waals surface area contributed by atoms with E-state index in [0.29, 0.717) is 18.6 Å². The number of hydrogen-bond acceptors (Lipinski definition) is 4. The summed E-state index contributed by atoms with van der Waals surface area (Å²) < 4.78 is 32.1. The van der Waals surface area contributed by atoms with Crippen LogP contribution in [0.15, 0.2) is 23.1 Å². The summed E-state index contributed by atoms with van der Waals surface area (Å²) in [6, 6.07) is 4.45. The molecule has 0 aromatic heterocycles. The van der Waals surface area contributed by atoms with E-state index < -0.39 is 10.0 Å². The third-order valence-electron chi connectivity index (χ3n) is 2.70. The first-order valence-corrected chi connectivity index (χ1v) is 7.80. The van der Waals surface area contributed by atoms with Gasteiger partial charge in [0.2, 0.25) is 10.0 Å². The van der Waals surface area contributed by atoms with Crippen molar-refractivity contribution in [2.45, 2.75) is 30.8 Å². The summed E-state index contributed by atoms with van der Waals surface area (Å²) in [5.74, 6) is 0. The first-order valence-electron chi connectivity index (χ1n) is 5.94. The van der Waals surface area contributed by atoms with Gasteiger partial charge in [-0.25, -0.2) is 13.1 Å². The van der Waals surface area contributed by atoms with Crippen LogP contribution in [0.3, 0.4) is 0 Å². The highest BCUT2D eigenvalue weighted by Crippen LogP contribution is 2.23. The van der Waals surface area contributed by atoms with Gasteiger partial charge < -0.3 is 10.5 Å². The second kappa shape index (κ2) is 7.21. The van der Waals surface area contributed by atoms with Gasteiger partial charge >= 0.3 is 0 Å². The molecule has 0 saturated heterocycles. The second-order valence-electron chi connectivity index (χ2n) is 4.15. The van der Waals surface area contributed by atoms with Gasteiger partial charge in [-0.2, -0.15) is 0 Å². The van der Waals surface area contributed by atoms with Crippen LogP contribution in [0.5, 0.6) is 0 Å². The van der Waals surface area contributed by atoms with Crippen LogP contribution in [-0.4, -0.2) is 28.2 Å². The Morgan fingerprint density at radius 1 is 1.47 bits per heavy atom. The molecule has 0 amide bonds. The van der Waals surface area contributed by atoms with Crippen molar-refractivity contribution in [1.82, 2.24) is 4.72 Å². The number of hydrogen-bond donors (Lipinski definition) is 2. The van der Waals surface area contributed by atoms with Gasteiger partial charge in [0.05, 0.1) is 11.6 Å². The molecule has 1 aromatic rings. The lowest BCUT2D eigenvalue weighted by Gasteiger charge is -2.17. The molecule has 1 rings (SSSR count). The Bertz CT molecular complexity index is 520. The van der Waals surface area contributed by atoms with Crippen molar-refractivity contribution in [1.29, 1.82) is 0 Å². The highest BCUT2D eigenvalue weighted by Gasteiger charge is 2.22. The SMILES string of the molecule is CCC(COC)NS(=O)(=O)c1cc(CN)ccc1Cl. The molecule has 0 aliphatic rings. The molecule has 0 aliphatic carbocycles. The molecule has 3 N–H and O–H groups in total. The number of benzene rings is 1. The smallest absolute Gasteiger partial charge is 0.242 e. The largest absolute Gasteiger partial charge is 0.383 e. The fourth-order valence-corrected chi connectivity index (χ4v) is 3.45. The minimum absolute atomic E-state index is 0.0478. The van der Waals surface area contributed by atoms with Gasteiger partial charge in [0.25, 0.3) is 0 Å². The van der Waals surface area contributed by atoms with Crippen LogP contribution in [0.2, 0.25) is 5.02 Å². The average molecular weight is 307 g/mol. The maximum Gasteiger partial charge on any atom is 0.242 e. The quantitative estimate of drug-likeness (QED) is 0.800. The van der Waals surface area contributed by atoms with Gasteiger partial charge in [-0.15, -0.1) is 0 Å². The normalized spacial score (nSPS) is 13.5. The number of nitrogens with one attached hydrogen (secondary N) is 1. The van der Waals surface area contributed by atoms with Gasteiger partial charge in [-0.05, 0) is 24.1 Å². The van der Waals surface area contributed by atoms with Crippen molar-refractivity contribution in [2.75, 3.05) is 13.7 Å². The number of halogens is 1. The van der Waals surface area contributed by atoms with Crippen LogP contribution >= 0.6 is 11.6 Å². The van der Waals surface area contributed by atoms with Gasteiger partial charge in [-0.3, -0.25) is 0 Å². The summed E-state index contributed by atoms with van der Waals surface area (Å²) >= 11 is 5.95. The number of methoxy groups -OCH3 is 1. The van der Waals surface area contributed by atoms with Crippen molar-refractivity contribution in [3.8, 4) is 0 Å². The van der Waals surface area contributed by atoms with Crippen LogP contribution in [0.4, 0.5) is 0 Å². The zero-order valence-electron chi connectivity index (χ0n) is 11.0. The monoisotopic (exact) mass is 306 g/mol. The lowest BCUT2D eigenvalue weighted by Crippen LogP contribution is -2.37. The lowest BCUT2D eigenvalue weighted by molar-refractivity contribution is 0.173. The number of sulfonamides is 1. The van der Waals surface area contributed by atoms with E-state index in [4.69, 9.17) is 22.1 Å². The van der Waals surface area contributed by atoms with Crippen molar-refractivity contribution in [2.24, 2.45) is 5.73 Å². The number of nitrogens with two attached hydrogens (primary N) is 1. The second-order valence-corrected chi connectivity index (χ2v) is 6.24. The molecular formula is C12H19ClN2O3S. The molecule has 0 spiro atoms. The molecular weight excluding hydrogens is 288 g/mol. The molecule has 108 valence electrons. The zero-order chi connectivity index (χ0) is 14.5. The summed E-state index contributed by atoms with van der Waals surface area (Å²) in [6.07, 6.45) is 0.626. The van der Waals surface area contributed by atoms with Gasteiger partial charge in [0.15, 0.2) is 0 Å². The van der Waals surface area contributed by atoms with Crippen molar-refractivity contribution in [3.05, 3.63) is 28.8 Å². The predicted molar refractivity (Wildman–Crippen MR) is 75.6 cm³/mol. The van der Waals surface area contributed by atoms with Crippen LogP contribution in [0, 0.1) is 0 Å². The Balaban J connectivity index is 3.05. The lowest BCUT2D eigenvalue weighted by atomic mass is 10.2. The molecule has 0 heterocycles. The molecule has 0 aliphatic heterocycles. The van der Waals surface area contributed by atoms with Crippen molar-refractivity contribution < 1.29 is 13.2 Å². The number of ether oxygens (including phenoxy) is 1. The first-order chi connectivity index (χ1) is 8.94. The molecule has 0 saturated carbocycles. The standard InChI is InChI=1S/C12H19ClN2O3S/c1-3-10(8-18-2)15-19(16,17)12-6-9(7-14)4-5-11(12)13/h4-6,10,15H,3,7-8,14H2,1-2H3. The van der Waals surface area contributed by atoms with Gasteiger partial charge in [0, 0.05) is 19.7 Å². The van der Waals surface area contributed by atoms with Crippen LogP contribution < -0.4 is 10.5 Å². The number of rotatable bonds is 7. The summed E-state index contributed by atoms with van der Waals surface area (Å²) in [4.78, 5) is 0.0478. The third-order valence-corrected chi connectivity index (χ3v) is 4.71. The predicted octanol–water partition coefficient (Wildman–Crippen LogP) is 1.50. The summed E-state index contributed by atoms with van der Waals surface area (Å²) in [6.45, 7) is 2.45. The molecule has 19 heavy (non-hydrogen) atoms. The molecule has 0 bridgehead atoms. The Kier molecular flexibility index (Phi) is 6.22. The highest BCUT2D eigenvalue weighted by atomic mass is 35.5. The Labute approximate surface area is 119 Å². The van der Waals surface area contributed by atoms with E-state index in [1.54, 1.807) is 6.07 Å². The maximum atomic E-state index is 12.3. The Morgan fingerprint density at radius 3 is 2.68 bits per heavy atom. The fourth-order valence-electron chi connectivity index (χ4n) is 1.60. The van der Waals surface area contributed by atoms with E-state index in [9.17, 15) is 8.42 Å². The minimum atomic E-state index is -3.67. The third kappa shape index (κ3) is 4.43. The van der Waals surface area contributed by atoms with E-state index in [1.165, 1.54) is 19.2 Å². The highest BCUT2D eigenvalue weighted by molar-refractivity contribution is 7.89. The molecule has 0 radical (unpaired) electrons. The van der Waals surface area contributed by atoms with E-state index >= 15 is 0 Å². The van der Waals surface area contributed by atoms with E-state index in [-0.39, 0.29) is 22.5 Å². The van der Waals surface area contributed by atoms with Gasteiger partial charge in [0.1, 0.15) is 4.90 Å². The van der Waals surface area contributed by atoms with E-state index in [1.807, 2.05) is 6.92 Å². The molecule has 5 nitrogen and oxygen atoms in total. The molecule has 7 heteroatoms.